The number of nitrogens with zero attached hydrogens (tertiary/aromatic N) is 5. The van der Waals surface area contributed by atoms with Crippen molar-refractivity contribution in [2.75, 3.05) is 32.1 Å². The summed E-state index contributed by atoms with van der Waals surface area (Å²) >= 11 is 0. The van der Waals surface area contributed by atoms with Crippen molar-refractivity contribution < 1.29 is 4.79 Å². The van der Waals surface area contributed by atoms with Crippen LogP contribution in [0.5, 0.6) is 0 Å². The topological polar surface area (TPSA) is 73.1 Å². The van der Waals surface area contributed by atoms with Gasteiger partial charge in [0.2, 0.25) is 5.91 Å². The van der Waals surface area contributed by atoms with Crippen LogP contribution in [-0.2, 0) is 4.79 Å². The van der Waals surface area contributed by atoms with Gasteiger partial charge in [-0.25, -0.2) is 9.97 Å². The number of likely N-dealkylation sites (N-methyl/N-ethyl adjacent to an activating group) is 2. The maximum atomic E-state index is 12.2. The first kappa shape index (κ1) is 20.3. The van der Waals surface area contributed by atoms with E-state index in [1.165, 1.54) is 0 Å². The molecule has 29 heavy (non-hydrogen) atoms. The third-order valence-corrected chi connectivity index (χ3v) is 4.82. The van der Waals surface area contributed by atoms with E-state index in [4.69, 9.17) is 9.97 Å². The van der Waals surface area contributed by atoms with Crippen LogP contribution in [0.1, 0.15) is 19.4 Å². The number of nitriles is 1. The molecule has 6 nitrogen and oxygen atoms in total. The van der Waals surface area contributed by atoms with Gasteiger partial charge in [-0.1, -0.05) is 38.1 Å². The van der Waals surface area contributed by atoms with E-state index in [9.17, 15) is 10.1 Å². The summed E-state index contributed by atoms with van der Waals surface area (Å²) in [5.41, 5.74) is 3.75. The van der Waals surface area contributed by atoms with Gasteiger partial charge < -0.3 is 9.80 Å². The van der Waals surface area contributed by atoms with Gasteiger partial charge in [-0.05, 0) is 24.3 Å². The predicted octanol–water partition coefficient (Wildman–Crippen LogP) is 3.72. The molecule has 3 rings (SSSR count). The van der Waals surface area contributed by atoms with Crippen molar-refractivity contribution in [3.8, 4) is 17.3 Å². The monoisotopic (exact) mass is 387 g/mol. The minimum Gasteiger partial charge on any atom is -0.356 e. The van der Waals surface area contributed by atoms with Crippen LogP contribution in [-0.4, -0.2) is 48.0 Å². The molecule has 6 heteroatoms. The van der Waals surface area contributed by atoms with Gasteiger partial charge in [0.15, 0.2) is 5.82 Å². The highest BCUT2D eigenvalue weighted by Crippen LogP contribution is 2.29. The number of carbonyl (C=O) groups is 1. The number of benzene rings is 2. The third kappa shape index (κ3) is 4.52. The van der Waals surface area contributed by atoms with Gasteiger partial charge in [0.05, 0.1) is 22.7 Å². The van der Waals surface area contributed by atoms with Crippen LogP contribution < -0.4 is 4.90 Å². The zero-order valence-electron chi connectivity index (χ0n) is 17.3. The second-order valence-corrected chi connectivity index (χ2v) is 7.41. The first-order chi connectivity index (χ1) is 13.9. The molecule has 1 aromatic heterocycles. The van der Waals surface area contributed by atoms with E-state index in [2.05, 4.69) is 6.07 Å². The number of hydrogen-bond acceptors (Lipinski definition) is 5. The number of para-hydroxylation sites is 2. The number of amides is 1. The van der Waals surface area contributed by atoms with E-state index >= 15 is 0 Å². The van der Waals surface area contributed by atoms with E-state index in [0.717, 1.165) is 28.1 Å². The second-order valence-electron chi connectivity index (χ2n) is 7.41. The Labute approximate surface area is 171 Å². The van der Waals surface area contributed by atoms with Gasteiger partial charge in [-0.2, -0.15) is 5.26 Å². The van der Waals surface area contributed by atoms with E-state index in [0.29, 0.717) is 18.7 Å². The summed E-state index contributed by atoms with van der Waals surface area (Å²) in [7, 11) is 3.77. The zero-order valence-corrected chi connectivity index (χ0v) is 17.3. The Morgan fingerprint density at radius 1 is 1.03 bits per heavy atom. The van der Waals surface area contributed by atoms with Crippen molar-refractivity contribution in [2.45, 2.75) is 13.8 Å². The summed E-state index contributed by atoms with van der Waals surface area (Å²) in [5.74, 6) is 0.809. The van der Waals surface area contributed by atoms with Crippen LogP contribution in [0.4, 0.5) is 5.82 Å². The Hall–Kier alpha value is -3.46. The van der Waals surface area contributed by atoms with E-state index in [1.54, 1.807) is 11.0 Å². The Balaban J connectivity index is 1.98. The molecule has 148 valence electrons. The number of carbonyl (C=O) groups excluding carboxylic acids is 1. The molecule has 1 amide bonds. The van der Waals surface area contributed by atoms with Crippen LogP contribution in [0, 0.1) is 17.2 Å². The molecule has 0 radical (unpaired) electrons. The number of hydrogen-bond donors (Lipinski definition) is 0. The van der Waals surface area contributed by atoms with Crippen LogP contribution >= 0.6 is 0 Å². The lowest BCUT2D eigenvalue weighted by atomic mass is 10.1. The summed E-state index contributed by atoms with van der Waals surface area (Å²) in [6.45, 7) is 5.00. The van der Waals surface area contributed by atoms with Gasteiger partial charge in [-0.3, -0.25) is 4.79 Å². The van der Waals surface area contributed by atoms with Gasteiger partial charge in [-0.15, -0.1) is 0 Å². The minimum atomic E-state index is -0.0324. The molecule has 0 aliphatic carbocycles. The Morgan fingerprint density at radius 2 is 1.72 bits per heavy atom. The Morgan fingerprint density at radius 3 is 2.38 bits per heavy atom. The molecule has 0 saturated heterocycles. The normalized spacial score (nSPS) is 10.8. The van der Waals surface area contributed by atoms with E-state index in [1.807, 2.05) is 75.3 Å². The van der Waals surface area contributed by atoms with Crippen molar-refractivity contribution in [3.05, 3.63) is 54.1 Å². The summed E-state index contributed by atoms with van der Waals surface area (Å²) in [4.78, 5) is 25.6. The molecule has 0 aliphatic heterocycles. The standard InChI is InChI=1S/C23H25N5O/c1-16(2)23(29)28(4)13-12-27(3)22-21(18-9-7-8-17(14-18)15-24)25-19-10-5-6-11-20(19)26-22/h5-11,14,16H,12-13H2,1-4H3. The van der Waals surface area contributed by atoms with Crippen molar-refractivity contribution in [2.24, 2.45) is 5.92 Å². The molecule has 2 aromatic carbocycles. The molecule has 0 unspecified atom stereocenters. The van der Waals surface area contributed by atoms with Crippen LogP contribution in [0.25, 0.3) is 22.3 Å². The highest BCUT2D eigenvalue weighted by atomic mass is 16.2. The number of rotatable bonds is 6. The average Bonchev–Trinajstić information content (AvgIpc) is 2.75. The smallest absolute Gasteiger partial charge is 0.224 e. The van der Waals surface area contributed by atoms with Crippen LogP contribution in [0.3, 0.4) is 0 Å². The lowest BCUT2D eigenvalue weighted by Gasteiger charge is -2.25. The van der Waals surface area contributed by atoms with Crippen molar-refractivity contribution >= 4 is 22.8 Å². The van der Waals surface area contributed by atoms with Gasteiger partial charge in [0.25, 0.3) is 0 Å². The third-order valence-electron chi connectivity index (χ3n) is 4.82. The number of aromatic nitrogens is 2. The SMILES string of the molecule is CC(C)C(=O)N(C)CCN(C)c1nc2ccccc2nc1-c1cccc(C#N)c1. The maximum Gasteiger partial charge on any atom is 0.224 e. The van der Waals surface area contributed by atoms with Crippen LogP contribution in [0.2, 0.25) is 0 Å². The van der Waals surface area contributed by atoms with Crippen molar-refractivity contribution in [1.29, 1.82) is 5.26 Å². The zero-order chi connectivity index (χ0) is 21.0. The molecule has 0 N–H and O–H groups in total. The van der Waals surface area contributed by atoms with E-state index in [-0.39, 0.29) is 11.8 Å². The summed E-state index contributed by atoms with van der Waals surface area (Å²) in [6.07, 6.45) is 0. The Bertz CT molecular complexity index is 1070. The predicted molar refractivity (Wildman–Crippen MR) is 115 cm³/mol. The molecular formula is C23H25N5O. The van der Waals surface area contributed by atoms with Gasteiger partial charge in [0.1, 0.15) is 5.69 Å². The Kier molecular flexibility index (Phi) is 6.08. The molecule has 3 aromatic rings. The summed E-state index contributed by atoms with van der Waals surface area (Å²) < 4.78 is 0. The number of anilines is 1. The van der Waals surface area contributed by atoms with Crippen LogP contribution in [0.15, 0.2) is 48.5 Å². The van der Waals surface area contributed by atoms with Gasteiger partial charge >= 0.3 is 0 Å². The fourth-order valence-corrected chi connectivity index (χ4v) is 3.14. The number of fused-ring (bicyclic) bond motifs is 1. The fraction of sp³-hybridized carbons (Fsp3) is 0.304. The fourth-order valence-electron chi connectivity index (χ4n) is 3.14. The minimum absolute atomic E-state index is 0.0324. The van der Waals surface area contributed by atoms with Crippen molar-refractivity contribution in [1.82, 2.24) is 14.9 Å². The molecule has 0 saturated carbocycles. The largest absolute Gasteiger partial charge is 0.356 e. The summed E-state index contributed by atoms with van der Waals surface area (Å²) in [5, 5.41) is 9.27. The molecule has 1 heterocycles. The molecule has 0 atom stereocenters. The second kappa shape index (κ2) is 8.70. The molecule has 0 aliphatic rings. The van der Waals surface area contributed by atoms with E-state index < -0.39 is 0 Å². The average molecular weight is 387 g/mol. The molecule has 0 bridgehead atoms. The van der Waals surface area contributed by atoms with Gasteiger partial charge in [0, 0.05) is 38.7 Å². The lowest BCUT2D eigenvalue weighted by Crippen LogP contribution is -2.37. The summed E-state index contributed by atoms with van der Waals surface area (Å²) in [6, 6.07) is 17.3. The van der Waals surface area contributed by atoms with Crippen molar-refractivity contribution in [3.63, 3.8) is 0 Å². The molecular weight excluding hydrogens is 362 g/mol. The first-order valence-electron chi connectivity index (χ1n) is 9.64. The first-order valence-corrected chi connectivity index (χ1v) is 9.64. The molecule has 0 fully saturated rings. The highest BCUT2D eigenvalue weighted by molar-refractivity contribution is 5.84. The maximum absolute atomic E-state index is 12.2. The molecule has 0 spiro atoms. The highest BCUT2D eigenvalue weighted by Gasteiger charge is 2.18. The lowest BCUT2D eigenvalue weighted by molar-refractivity contribution is -0.132. The quantitative estimate of drug-likeness (QED) is 0.644.